The van der Waals surface area contributed by atoms with E-state index in [9.17, 15) is 4.79 Å². The van der Waals surface area contributed by atoms with Crippen molar-refractivity contribution in [3.8, 4) is 0 Å². The smallest absolute Gasteiger partial charge is 0.246 e. The molecule has 1 saturated heterocycles. The molecule has 31 heavy (non-hydrogen) atoms. The summed E-state index contributed by atoms with van der Waals surface area (Å²) >= 11 is 0. The number of amides is 1. The molecule has 1 aromatic carbocycles. The van der Waals surface area contributed by atoms with Gasteiger partial charge in [-0.05, 0) is 54.9 Å². The van der Waals surface area contributed by atoms with Crippen molar-refractivity contribution >= 4 is 23.6 Å². The summed E-state index contributed by atoms with van der Waals surface area (Å²) in [6.07, 6.45) is 6.12. The Hall–Kier alpha value is -3.22. The molecule has 0 spiro atoms. The number of aromatic nitrogens is 2. The number of fused-ring (bicyclic) bond motifs is 1. The van der Waals surface area contributed by atoms with Crippen LogP contribution in [0.2, 0.25) is 0 Å². The molecule has 1 aromatic heterocycles. The van der Waals surface area contributed by atoms with E-state index in [0.717, 1.165) is 43.0 Å². The number of nitrogen functional groups attached to an aromatic ring is 1. The van der Waals surface area contributed by atoms with Crippen LogP contribution in [0.3, 0.4) is 0 Å². The van der Waals surface area contributed by atoms with E-state index in [1.54, 1.807) is 6.33 Å². The number of benzene rings is 1. The lowest BCUT2D eigenvalue weighted by Crippen LogP contribution is -2.49. The van der Waals surface area contributed by atoms with Crippen LogP contribution in [0.1, 0.15) is 40.8 Å². The Labute approximate surface area is 183 Å². The highest BCUT2D eigenvalue weighted by Crippen LogP contribution is 2.41. The fourth-order valence-corrected chi connectivity index (χ4v) is 5.04. The summed E-state index contributed by atoms with van der Waals surface area (Å²) in [6, 6.07) is 3.94. The topological polar surface area (TPSA) is 99.2 Å². The standard InChI is InChI=1S/C24H30N6O/c1-4-22(31)29-7-9-30(10-8-29)24-18-11-16(3)17(12-21(18)27-14-28-24)23-15(2)5-6-20(26)19(23)13-25/h4-6,13-14,16-17,25H,1,7-12,26H2,2-3H3/t16-,17-/m1/s1. The lowest BCUT2D eigenvalue weighted by Gasteiger charge is -2.38. The van der Waals surface area contributed by atoms with Crippen molar-refractivity contribution in [1.29, 1.82) is 5.41 Å². The molecule has 7 nitrogen and oxygen atoms in total. The van der Waals surface area contributed by atoms with Crippen molar-refractivity contribution in [3.05, 3.63) is 59.1 Å². The molecule has 3 N–H and O–H groups in total. The van der Waals surface area contributed by atoms with Gasteiger partial charge in [-0.15, -0.1) is 0 Å². The van der Waals surface area contributed by atoms with Gasteiger partial charge in [0, 0.05) is 54.9 Å². The molecular formula is C24H30N6O. The average Bonchev–Trinajstić information content (AvgIpc) is 2.79. The molecule has 0 saturated carbocycles. The number of nitrogens with two attached hydrogens (primary N) is 1. The average molecular weight is 419 g/mol. The van der Waals surface area contributed by atoms with Gasteiger partial charge < -0.3 is 20.9 Å². The predicted octanol–water partition coefficient (Wildman–Crippen LogP) is 2.72. The largest absolute Gasteiger partial charge is 0.398 e. The normalized spacial score (nSPS) is 20.8. The quantitative estimate of drug-likeness (QED) is 0.452. The molecule has 1 fully saturated rings. The van der Waals surface area contributed by atoms with E-state index in [1.165, 1.54) is 29.0 Å². The first kappa shape index (κ1) is 21.0. The maximum Gasteiger partial charge on any atom is 0.246 e. The van der Waals surface area contributed by atoms with Crippen LogP contribution in [0.5, 0.6) is 0 Å². The van der Waals surface area contributed by atoms with Gasteiger partial charge in [-0.2, -0.15) is 0 Å². The zero-order chi connectivity index (χ0) is 22.1. The Morgan fingerprint density at radius 3 is 2.65 bits per heavy atom. The first-order valence-electron chi connectivity index (χ1n) is 10.8. The van der Waals surface area contributed by atoms with Gasteiger partial charge in [0.05, 0.1) is 0 Å². The molecular weight excluding hydrogens is 388 g/mol. The second-order valence-electron chi connectivity index (χ2n) is 8.57. The maximum atomic E-state index is 11.9. The van der Waals surface area contributed by atoms with E-state index >= 15 is 0 Å². The van der Waals surface area contributed by atoms with E-state index in [-0.39, 0.29) is 11.8 Å². The number of anilines is 2. The minimum absolute atomic E-state index is 0.0136. The third-order valence-electron chi connectivity index (χ3n) is 6.76. The summed E-state index contributed by atoms with van der Waals surface area (Å²) in [4.78, 5) is 25.3. The molecule has 1 aliphatic heterocycles. The maximum absolute atomic E-state index is 11.9. The Balaban J connectivity index is 1.63. The van der Waals surface area contributed by atoms with Crippen LogP contribution in [-0.2, 0) is 17.6 Å². The molecule has 1 amide bonds. The van der Waals surface area contributed by atoms with Gasteiger partial charge in [-0.3, -0.25) is 4.79 Å². The Morgan fingerprint density at radius 2 is 1.97 bits per heavy atom. The van der Waals surface area contributed by atoms with Crippen LogP contribution in [0.25, 0.3) is 0 Å². The molecule has 7 heteroatoms. The predicted molar refractivity (Wildman–Crippen MR) is 124 cm³/mol. The number of carbonyl (C=O) groups excluding carboxylic acids is 1. The van der Waals surface area contributed by atoms with E-state index in [4.69, 9.17) is 11.1 Å². The van der Waals surface area contributed by atoms with Crippen molar-refractivity contribution < 1.29 is 4.79 Å². The Kier molecular flexibility index (Phi) is 5.76. The number of rotatable bonds is 4. The van der Waals surface area contributed by atoms with Crippen molar-refractivity contribution in [2.45, 2.75) is 32.6 Å². The number of hydrogen-bond acceptors (Lipinski definition) is 6. The first-order chi connectivity index (χ1) is 14.9. The Bertz CT molecular complexity index is 1020. The number of hydrogen-bond donors (Lipinski definition) is 2. The molecule has 2 aliphatic rings. The molecule has 2 aromatic rings. The number of nitrogens with one attached hydrogen (secondary N) is 1. The summed E-state index contributed by atoms with van der Waals surface area (Å²) < 4.78 is 0. The number of carbonyl (C=O) groups is 1. The van der Waals surface area contributed by atoms with E-state index in [0.29, 0.717) is 24.7 Å². The van der Waals surface area contributed by atoms with Gasteiger partial charge in [-0.1, -0.05) is 19.6 Å². The molecule has 2 heterocycles. The second kappa shape index (κ2) is 8.49. The van der Waals surface area contributed by atoms with Gasteiger partial charge >= 0.3 is 0 Å². The monoisotopic (exact) mass is 418 g/mol. The minimum atomic E-state index is -0.0136. The molecule has 0 bridgehead atoms. The molecule has 0 unspecified atom stereocenters. The fraction of sp³-hybridized carbons (Fsp3) is 0.417. The first-order valence-corrected chi connectivity index (χ1v) is 10.8. The summed E-state index contributed by atoms with van der Waals surface area (Å²) in [5.74, 6) is 1.62. The number of piperazine rings is 1. The van der Waals surface area contributed by atoms with Crippen molar-refractivity contribution in [1.82, 2.24) is 14.9 Å². The highest BCUT2D eigenvalue weighted by atomic mass is 16.2. The molecule has 162 valence electrons. The van der Waals surface area contributed by atoms with Crippen LogP contribution >= 0.6 is 0 Å². The van der Waals surface area contributed by atoms with E-state index in [2.05, 4.69) is 41.4 Å². The van der Waals surface area contributed by atoms with Crippen molar-refractivity contribution in [2.75, 3.05) is 36.8 Å². The van der Waals surface area contributed by atoms with Gasteiger partial charge in [0.25, 0.3) is 0 Å². The molecule has 4 rings (SSSR count). The SMILES string of the molecule is C=CC(=O)N1CCN(c2ncnc3c2C[C@@H](C)[C@H](c2c(C)ccc(N)c2C=N)C3)CC1. The minimum Gasteiger partial charge on any atom is -0.398 e. The summed E-state index contributed by atoms with van der Waals surface area (Å²) in [6.45, 7) is 10.8. The van der Waals surface area contributed by atoms with E-state index in [1.807, 2.05) is 11.0 Å². The van der Waals surface area contributed by atoms with Gasteiger partial charge in [0.2, 0.25) is 5.91 Å². The highest BCUT2D eigenvalue weighted by Gasteiger charge is 2.33. The van der Waals surface area contributed by atoms with Crippen molar-refractivity contribution in [3.63, 3.8) is 0 Å². The van der Waals surface area contributed by atoms with Crippen LogP contribution in [0.4, 0.5) is 11.5 Å². The third kappa shape index (κ3) is 3.80. The number of nitrogens with zero attached hydrogens (tertiary/aromatic N) is 4. The molecule has 0 radical (unpaired) electrons. The van der Waals surface area contributed by atoms with Crippen LogP contribution in [0, 0.1) is 18.3 Å². The fourth-order valence-electron chi connectivity index (χ4n) is 5.04. The lowest BCUT2D eigenvalue weighted by molar-refractivity contribution is -0.126. The Morgan fingerprint density at radius 1 is 1.23 bits per heavy atom. The summed E-state index contributed by atoms with van der Waals surface area (Å²) in [7, 11) is 0. The van der Waals surface area contributed by atoms with Gasteiger partial charge in [0.1, 0.15) is 12.1 Å². The summed E-state index contributed by atoms with van der Waals surface area (Å²) in [5.41, 5.74) is 12.3. The number of aryl methyl sites for hydroxylation is 1. The summed E-state index contributed by atoms with van der Waals surface area (Å²) in [5, 5.41) is 7.91. The zero-order valence-corrected chi connectivity index (χ0v) is 18.3. The van der Waals surface area contributed by atoms with Gasteiger partial charge in [-0.25, -0.2) is 9.97 Å². The second-order valence-corrected chi connectivity index (χ2v) is 8.57. The third-order valence-corrected chi connectivity index (χ3v) is 6.76. The van der Waals surface area contributed by atoms with Crippen LogP contribution in [-0.4, -0.2) is 53.2 Å². The van der Waals surface area contributed by atoms with Crippen molar-refractivity contribution in [2.24, 2.45) is 5.92 Å². The zero-order valence-electron chi connectivity index (χ0n) is 18.3. The van der Waals surface area contributed by atoms with Crippen LogP contribution in [0.15, 0.2) is 31.1 Å². The lowest BCUT2D eigenvalue weighted by atomic mass is 9.72. The molecule has 1 aliphatic carbocycles. The van der Waals surface area contributed by atoms with Crippen LogP contribution < -0.4 is 10.6 Å². The highest BCUT2D eigenvalue weighted by molar-refractivity contribution is 5.88. The molecule has 2 atom stereocenters. The van der Waals surface area contributed by atoms with E-state index < -0.39 is 0 Å². The van der Waals surface area contributed by atoms with Gasteiger partial charge in [0.15, 0.2) is 0 Å².